The van der Waals surface area contributed by atoms with Crippen LogP contribution in [-0.2, 0) is 4.43 Å². The molecule has 0 spiro atoms. The summed E-state index contributed by atoms with van der Waals surface area (Å²) in [5.41, 5.74) is 0. The predicted octanol–water partition coefficient (Wildman–Crippen LogP) is 5.60. The molecule has 0 aliphatic rings. The highest BCUT2D eigenvalue weighted by atomic mass is 28.4. The molecule has 0 bridgehead atoms. The van der Waals surface area contributed by atoms with Gasteiger partial charge in [-0.1, -0.05) is 135 Å². The maximum atomic E-state index is 6.02. The maximum Gasteiger partial charge on any atom is 0.220 e. The Kier molecular flexibility index (Phi) is 8.59. The summed E-state index contributed by atoms with van der Waals surface area (Å²) >= 11 is 0. The van der Waals surface area contributed by atoms with E-state index in [1.807, 2.05) is 7.11 Å². The lowest BCUT2D eigenvalue weighted by Gasteiger charge is -2.31. The minimum absolute atomic E-state index is 1.19. The van der Waals surface area contributed by atoms with Gasteiger partial charge in [-0.15, -0.1) is 0 Å². The fraction of sp³-hybridized carbons (Fsp3) is 0.538. The third-order valence-electron chi connectivity index (χ3n) is 7.36. The highest BCUT2D eigenvalue weighted by Crippen LogP contribution is 2.21. The van der Waals surface area contributed by atoms with Crippen molar-refractivity contribution in [2.45, 2.75) is 83.9 Å². The molecule has 5 heteroatoms. The SMILES string of the molecule is CCC[Si](C)(OC)c1ccc([Si](C)(C)CC[Si](C)(C)c2ccc([Si](C)(C)C)cc2)cc1. The topological polar surface area (TPSA) is 9.23 Å². The molecule has 1 unspecified atom stereocenters. The van der Waals surface area contributed by atoms with E-state index in [-0.39, 0.29) is 0 Å². The summed E-state index contributed by atoms with van der Waals surface area (Å²) < 4.78 is 6.02. The van der Waals surface area contributed by atoms with Crippen molar-refractivity contribution < 1.29 is 4.43 Å². The lowest BCUT2D eigenvalue weighted by molar-refractivity contribution is 0.408. The van der Waals surface area contributed by atoms with E-state index in [1.165, 1.54) is 29.7 Å². The first-order valence-corrected chi connectivity index (χ1v) is 24.6. The molecule has 0 saturated heterocycles. The van der Waals surface area contributed by atoms with E-state index in [4.69, 9.17) is 4.43 Å². The third-order valence-corrected chi connectivity index (χ3v) is 20.6. The van der Waals surface area contributed by atoms with Crippen LogP contribution >= 0.6 is 0 Å². The van der Waals surface area contributed by atoms with Crippen LogP contribution in [0.4, 0.5) is 0 Å². The Balaban J connectivity index is 2.13. The van der Waals surface area contributed by atoms with E-state index < -0.39 is 32.5 Å². The van der Waals surface area contributed by atoms with E-state index >= 15 is 0 Å². The molecule has 2 aromatic carbocycles. The van der Waals surface area contributed by atoms with Crippen molar-refractivity contribution in [3.63, 3.8) is 0 Å². The molecule has 0 aromatic heterocycles. The van der Waals surface area contributed by atoms with Crippen molar-refractivity contribution in [1.29, 1.82) is 0 Å². The van der Waals surface area contributed by atoms with Crippen LogP contribution in [0.2, 0.25) is 70.5 Å². The summed E-state index contributed by atoms with van der Waals surface area (Å²) in [4.78, 5) is 0. The first kappa shape index (κ1) is 26.5. The van der Waals surface area contributed by atoms with Crippen LogP contribution in [0, 0.1) is 0 Å². The number of hydrogen-bond donors (Lipinski definition) is 0. The third kappa shape index (κ3) is 6.64. The van der Waals surface area contributed by atoms with E-state index in [2.05, 4.69) is 108 Å². The van der Waals surface area contributed by atoms with Gasteiger partial charge in [-0.05, 0) is 17.8 Å². The van der Waals surface area contributed by atoms with Crippen LogP contribution in [-0.4, -0.2) is 39.6 Å². The standard InChI is InChI=1S/C26H46OSi4/c1-11-20-31(10,27-2)26-18-16-25(17-19-26)30(8,9)22-21-29(6,7)24-14-12-23(13-15-24)28(3,4)5/h12-19H,11,20-22H2,1-10H3. The average Bonchev–Trinajstić information content (AvgIpc) is 2.72. The molecule has 1 atom stereocenters. The van der Waals surface area contributed by atoms with Crippen LogP contribution in [0.1, 0.15) is 13.3 Å². The highest BCUT2D eigenvalue weighted by Gasteiger charge is 2.32. The van der Waals surface area contributed by atoms with Crippen LogP contribution in [0.3, 0.4) is 0 Å². The Morgan fingerprint density at radius 2 is 0.903 bits per heavy atom. The molecule has 1 nitrogen and oxygen atoms in total. The van der Waals surface area contributed by atoms with Gasteiger partial charge in [0.25, 0.3) is 0 Å². The minimum Gasteiger partial charge on any atom is -0.416 e. The lowest BCUT2D eigenvalue weighted by Crippen LogP contribution is -2.50. The average molecular weight is 487 g/mol. The number of hydrogen-bond acceptors (Lipinski definition) is 1. The largest absolute Gasteiger partial charge is 0.416 e. The van der Waals surface area contributed by atoms with Gasteiger partial charge >= 0.3 is 0 Å². The highest BCUT2D eigenvalue weighted by molar-refractivity contribution is 6.95. The molecule has 0 aliphatic carbocycles. The Morgan fingerprint density at radius 3 is 1.23 bits per heavy atom. The van der Waals surface area contributed by atoms with Gasteiger partial charge in [0.15, 0.2) is 0 Å². The summed E-state index contributed by atoms with van der Waals surface area (Å²) in [6, 6.07) is 23.3. The Morgan fingerprint density at radius 1 is 0.548 bits per heavy atom. The van der Waals surface area contributed by atoms with Crippen LogP contribution in [0.15, 0.2) is 48.5 Å². The molecule has 0 fully saturated rings. The van der Waals surface area contributed by atoms with Crippen molar-refractivity contribution in [2.24, 2.45) is 0 Å². The van der Waals surface area contributed by atoms with Crippen LogP contribution < -0.4 is 20.7 Å². The summed E-state index contributed by atoms with van der Waals surface area (Å²) in [5, 5.41) is 6.24. The van der Waals surface area contributed by atoms with Gasteiger partial charge in [0.05, 0.1) is 24.2 Å². The second kappa shape index (κ2) is 10.0. The van der Waals surface area contributed by atoms with E-state index in [1.54, 1.807) is 15.6 Å². The van der Waals surface area contributed by atoms with Crippen molar-refractivity contribution in [1.82, 2.24) is 0 Å². The zero-order valence-electron chi connectivity index (χ0n) is 21.9. The van der Waals surface area contributed by atoms with Crippen LogP contribution in [0.25, 0.3) is 0 Å². The quantitative estimate of drug-likeness (QED) is 0.397. The van der Waals surface area contributed by atoms with Gasteiger partial charge in [0, 0.05) is 7.11 Å². The fourth-order valence-electron chi connectivity index (χ4n) is 4.45. The van der Waals surface area contributed by atoms with Gasteiger partial charge < -0.3 is 4.43 Å². The van der Waals surface area contributed by atoms with Gasteiger partial charge in [-0.2, -0.15) is 0 Å². The molecule has 0 aliphatic heterocycles. The lowest BCUT2D eigenvalue weighted by atomic mass is 10.4. The predicted molar refractivity (Wildman–Crippen MR) is 153 cm³/mol. The molecule has 172 valence electrons. The van der Waals surface area contributed by atoms with Gasteiger partial charge in [0.2, 0.25) is 8.32 Å². The second-order valence-electron chi connectivity index (χ2n) is 11.9. The molecule has 0 saturated carbocycles. The Labute approximate surface area is 196 Å². The molecule has 2 aromatic rings. The fourth-order valence-corrected chi connectivity index (χ4v) is 15.9. The molecule has 0 N–H and O–H groups in total. The van der Waals surface area contributed by atoms with Crippen LogP contribution in [0.5, 0.6) is 0 Å². The van der Waals surface area contributed by atoms with Gasteiger partial charge in [-0.25, -0.2) is 0 Å². The Hall–Kier alpha value is -0.732. The molecule has 0 heterocycles. The summed E-state index contributed by atoms with van der Waals surface area (Å²) in [6.07, 6.45) is 1.19. The molecule has 0 radical (unpaired) electrons. The summed E-state index contributed by atoms with van der Waals surface area (Å²) in [5.74, 6) is 0. The number of rotatable bonds is 10. The molecular weight excluding hydrogens is 441 g/mol. The smallest absolute Gasteiger partial charge is 0.220 e. The first-order valence-electron chi connectivity index (χ1n) is 12.0. The summed E-state index contributed by atoms with van der Waals surface area (Å²) in [7, 11) is -3.97. The number of benzene rings is 2. The van der Waals surface area contributed by atoms with Gasteiger partial charge in [-0.3, -0.25) is 0 Å². The van der Waals surface area contributed by atoms with E-state index in [0.717, 1.165) is 0 Å². The Bertz CT molecular complexity index is 835. The normalized spacial score (nSPS) is 15.0. The summed E-state index contributed by atoms with van der Waals surface area (Å²) in [6.45, 7) is 22.2. The van der Waals surface area contributed by atoms with E-state index in [0.29, 0.717) is 0 Å². The molecule has 31 heavy (non-hydrogen) atoms. The van der Waals surface area contributed by atoms with Crippen molar-refractivity contribution in [3.8, 4) is 0 Å². The first-order chi connectivity index (χ1) is 14.2. The van der Waals surface area contributed by atoms with Crippen molar-refractivity contribution in [3.05, 3.63) is 48.5 Å². The zero-order chi connectivity index (χ0) is 23.5. The maximum absolute atomic E-state index is 6.02. The molecule has 0 amide bonds. The molecular formula is C26H46OSi4. The van der Waals surface area contributed by atoms with Gasteiger partial charge in [0.1, 0.15) is 0 Å². The second-order valence-corrected chi connectivity index (χ2v) is 30.6. The molecule has 2 rings (SSSR count). The minimum atomic E-state index is -1.77. The van der Waals surface area contributed by atoms with E-state index in [9.17, 15) is 0 Å². The van der Waals surface area contributed by atoms with Crippen molar-refractivity contribution in [2.75, 3.05) is 7.11 Å². The van der Waals surface area contributed by atoms with Crippen molar-refractivity contribution >= 4 is 53.3 Å². The zero-order valence-corrected chi connectivity index (χ0v) is 25.9. The monoisotopic (exact) mass is 486 g/mol.